The molecule has 5 heteroatoms. The number of rotatable bonds is 4. The smallest absolute Gasteiger partial charge is 0.303 e. The molecule has 0 bridgehead atoms. The fraction of sp³-hybridized carbons (Fsp3) is 0.867. The molecule has 0 radical (unpaired) electrons. The summed E-state index contributed by atoms with van der Waals surface area (Å²) in [6, 6.07) is -0.0885. The van der Waals surface area contributed by atoms with Crippen molar-refractivity contribution in [2.45, 2.75) is 52.0 Å². The highest BCUT2D eigenvalue weighted by molar-refractivity contribution is 5.83. The fourth-order valence-corrected chi connectivity index (χ4v) is 3.41. The summed E-state index contributed by atoms with van der Waals surface area (Å²) in [7, 11) is 0. The van der Waals surface area contributed by atoms with E-state index in [1.54, 1.807) is 0 Å². The van der Waals surface area contributed by atoms with Gasteiger partial charge in [0.1, 0.15) is 0 Å². The van der Waals surface area contributed by atoms with Crippen LogP contribution in [0.15, 0.2) is 0 Å². The first kappa shape index (κ1) is 15.3. The Kier molecular flexibility index (Phi) is 4.68. The molecule has 2 saturated heterocycles. The first-order valence-corrected chi connectivity index (χ1v) is 7.64. The number of piperidine rings is 1. The number of carboxylic acids is 1. The lowest BCUT2D eigenvalue weighted by molar-refractivity contribution is -0.137. The van der Waals surface area contributed by atoms with E-state index < -0.39 is 5.97 Å². The molecule has 2 rings (SSSR count). The normalized spacial score (nSPS) is 29.4. The number of nitrogens with one attached hydrogen (secondary N) is 1. The molecule has 2 unspecified atom stereocenters. The molecule has 0 aliphatic carbocycles. The van der Waals surface area contributed by atoms with Gasteiger partial charge in [0.25, 0.3) is 0 Å². The number of carbonyl (C=O) groups excluding carboxylic acids is 1. The highest BCUT2D eigenvalue weighted by atomic mass is 16.4. The van der Waals surface area contributed by atoms with Gasteiger partial charge < -0.3 is 15.3 Å². The summed E-state index contributed by atoms with van der Waals surface area (Å²) in [6.45, 7) is 6.72. The van der Waals surface area contributed by atoms with Crippen molar-refractivity contribution in [2.75, 3.05) is 19.6 Å². The second-order valence-electron chi connectivity index (χ2n) is 6.85. The van der Waals surface area contributed by atoms with Gasteiger partial charge in [-0.15, -0.1) is 0 Å². The van der Waals surface area contributed by atoms with Crippen molar-refractivity contribution >= 4 is 11.9 Å². The predicted octanol–water partition coefficient (Wildman–Crippen LogP) is 1.48. The Morgan fingerprint density at radius 1 is 1.40 bits per heavy atom. The van der Waals surface area contributed by atoms with E-state index in [9.17, 15) is 9.59 Å². The number of carboxylic acid groups (broad SMARTS) is 1. The van der Waals surface area contributed by atoms with Crippen LogP contribution in [0.3, 0.4) is 0 Å². The van der Waals surface area contributed by atoms with Gasteiger partial charge >= 0.3 is 5.97 Å². The summed E-state index contributed by atoms with van der Waals surface area (Å²) >= 11 is 0. The number of aliphatic carboxylic acids is 1. The van der Waals surface area contributed by atoms with Crippen LogP contribution in [-0.2, 0) is 9.59 Å². The summed E-state index contributed by atoms with van der Waals surface area (Å²) in [5.74, 6) is -0.195. The summed E-state index contributed by atoms with van der Waals surface area (Å²) in [4.78, 5) is 25.2. The van der Waals surface area contributed by atoms with Crippen molar-refractivity contribution in [3.8, 4) is 0 Å². The summed E-state index contributed by atoms with van der Waals surface area (Å²) in [6.07, 6.45) is 4.03. The van der Waals surface area contributed by atoms with E-state index >= 15 is 0 Å². The number of nitrogens with zero attached hydrogens (tertiary/aromatic N) is 1. The van der Waals surface area contributed by atoms with Gasteiger partial charge in [-0.25, -0.2) is 0 Å². The Bertz CT molecular complexity index is 381. The van der Waals surface area contributed by atoms with Gasteiger partial charge in [-0.3, -0.25) is 9.59 Å². The third-order valence-corrected chi connectivity index (χ3v) is 4.74. The molecule has 0 saturated carbocycles. The minimum Gasteiger partial charge on any atom is -0.481 e. The lowest BCUT2D eigenvalue weighted by Crippen LogP contribution is -2.56. The average Bonchev–Trinajstić information content (AvgIpc) is 2.84. The lowest BCUT2D eigenvalue weighted by atomic mass is 9.77. The maximum atomic E-state index is 12.6. The molecule has 0 aromatic heterocycles. The monoisotopic (exact) mass is 282 g/mol. The quantitative estimate of drug-likeness (QED) is 0.819. The summed E-state index contributed by atoms with van der Waals surface area (Å²) in [5, 5.41) is 12.1. The molecule has 2 aliphatic rings. The summed E-state index contributed by atoms with van der Waals surface area (Å²) in [5.41, 5.74) is 0.00842. The number of hydrogen-bond acceptors (Lipinski definition) is 3. The maximum Gasteiger partial charge on any atom is 0.303 e. The fourth-order valence-electron chi connectivity index (χ4n) is 3.41. The second-order valence-corrected chi connectivity index (χ2v) is 6.85. The van der Waals surface area contributed by atoms with Gasteiger partial charge in [-0.1, -0.05) is 13.8 Å². The summed E-state index contributed by atoms with van der Waals surface area (Å²) < 4.78 is 0. The number of carbonyl (C=O) groups is 2. The molecule has 2 atom stereocenters. The molecular formula is C15H26N2O3. The Hall–Kier alpha value is -1.10. The molecule has 2 fully saturated rings. The van der Waals surface area contributed by atoms with Crippen molar-refractivity contribution in [1.82, 2.24) is 10.2 Å². The van der Waals surface area contributed by atoms with Gasteiger partial charge in [-0.05, 0) is 43.6 Å². The Morgan fingerprint density at radius 2 is 2.15 bits per heavy atom. The standard InChI is InChI=1S/C15H26N2O3/c1-15(2)7-3-8-16-13(15)14(20)17-9-6-11(10-17)4-5-12(18)19/h11,13,16H,3-10H2,1-2H3,(H,18,19). The molecule has 1 amide bonds. The predicted molar refractivity (Wildman–Crippen MR) is 76.4 cm³/mol. The van der Waals surface area contributed by atoms with Crippen LogP contribution >= 0.6 is 0 Å². The molecule has 114 valence electrons. The zero-order chi connectivity index (χ0) is 14.8. The highest BCUT2D eigenvalue weighted by Crippen LogP contribution is 2.32. The van der Waals surface area contributed by atoms with Gasteiger partial charge in [0.05, 0.1) is 6.04 Å². The Morgan fingerprint density at radius 3 is 2.80 bits per heavy atom. The molecule has 2 aliphatic heterocycles. The molecule has 2 N–H and O–H groups in total. The van der Waals surface area contributed by atoms with Crippen LogP contribution < -0.4 is 5.32 Å². The second kappa shape index (κ2) is 6.12. The highest BCUT2D eigenvalue weighted by Gasteiger charge is 2.40. The van der Waals surface area contributed by atoms with Gasteiger partial charge in [0.2, 0.25) is 5.91 Å². The van der Waals surface area contributed by atoms with Crippen LogP contribution in [0.5, 0.6) is 0 Å². The number of amides is 1. The zero-order valence-corrected chi connectivity index (χ0v) is 12.5. The molecule has 0 spiro atoms. The van der Waals surface area contributed by atoms with Crippen molar-refractivity contribution in [3.63, 3.8) is 0 Å². The minimum absolute atomic E-state index is 0.00842. The van der Waals surface area contributed by atoms with E-state index in [0.717, 1.165) is 38.9 Å². The average molecular weight is 282 g/mol. The first-order valence-electron chi connectivity index (χ1n) is 7.64. The maximum absolute atomic E-state index is 12.6. The van der Waals surface area contributed by atoms with Crippen molar-refractivity contribution in [1.29, 1.82) is 0 Å². The molecule has 0 aromatic rings. The van der Waals surface area contributed by atoms with Crippen molar-refractivity contribution in [2.24, 2.45) is 11.3 Å². The number of hydrogen-bond donors (Lipinski definition) is 2. The van der Waals surface area contributed by atoms with E-state index in [2.05, 4.69) is 19.2 Å². The van der Waals surface area contributed by atoms with Gasteiger partial charge in [0, 0.05) is 19.5 Å². The molecule has 0 aromatic carbocycles. The van der Waals surface area contributed by atoms with Crippen LogP contribution in [0.25, 0.3) is 0 Å². The van der Waals surface area contributed by atoms with E-state index in [1.807, 2.05) is 4.90 Å². The lowest BCUT2D eigenvalue weighted by Gasteiger charge is -2.40. The zero-order valence-electron chi connectivity index (χ0n) is 12.5. The van der Waals surface area contributed by atoms with E-state index in [0.29, 0.717) is 12.3 Å². The van der Waals surface area contributed by atoms with Crippen LogP contribution in [-0.4, -0.2) is 47.6 Å². The van der Waals surface area contributed by atoms with Crippen LogP contribution in [0.2, 0.25) is 0 Å². The SMILES string of the molecule is CC1(C)CCCNC1C(=O)N1CCC(CCC(=O)O)C1. The number of likely N-dealkylation sites (tertiary alicyclic amines) is 1. The molecule has 20 heavy (non-hydrogen) atoms. The largest absolute Gasteiger partial charge is 0.481 e. The molecule has 5 nitrogen and oxygen atoms in total. The van der Waals surface area contributed by atoms with E-state index in [4.69, 9.17) is 5.11 Å². The Balaban J connectivity index is 1.89. The van der Waals surface area contributed by atoms with Crippen molar-refractivity contribution in [3.05, 3.63) is 0 Å². The van der Waals surface area contributed by atoms with Crippen LogP contribution in [0.4, 0.5) is 0 Å². The van der Waals surface area contributed by atoms with E-state index in [-0.39, 0.29) is 23.8 Å². The third kappa shape index (κ3) is 3.51. The Labute approximate surface area is 120 Å². The van der Waals surface area contributed by atoms with Crippen LogP contribution in [0, 0.1) is 11.3 Å². The molecular weight excluding hydrogens is 256 g/mol. The van der Waals surface area contributed by atoms with Crippen LogP contribution in [0.1, 0.15) is 46.0 Å². The molecule has 2 heterocycles. The van der Waals surface area contributed by atoms with Gasteiger partial charge in [-0.2, -0.15) is 0 Å². The first-order chi connectivity index (χ1) is 9.40. The third-order valence-electron chi connectivity index (χ3n) is 4.74. The minimum atomic E-state index is -0.746. The topological polar surface area (TPSA) is 69.6 Å². The van der Waals surface area contributed by atoms with Crippen molar-refractivity contribution < 1.29 is 14.7 Å². The van der Waals surface area contributed by atoms with Gasteiger partial charge in [0.15, 0.2) is 0 Å². The van der Waals surface area contributed by atoms with E-state index in [1.165, 1.54) is 0 Å².